The smallest absolute Gasteiger partial charge is 0.322 e. The number of nitrogens with two attached hydrogens (primary N) is 1. The first-order valence-electron chi connectivity index (χ1n) is 3.68. The Morgan fingerprint density at radius 3 is 3.00 bits per heavy atom. The van der Waals surface area contributed by atoms with Crippen LogP contribution in [0.3, 0.4) is 0 Å². The maximum atomic E-state index is 11.3. The summed E-state index contributed by atoms with van der Waals surface area (Å²) < 4.78 is 1.04. The molecule has 0 aliphatic heterocycles. The van der Waals surface area contributed by atoms with Gasteiger partial charge in [0.25, 0.3) is 5.95 Å². The molecular weight excluding hydrogens is 252 g/mol. The minimum atomic E-state index is -0.0975. The van der Waals surface area contributed by atoms with Gasteiger partial charge in [-0.05, 0) is 6.07 Å². The number of H-pyrrole nitrogens is 1. The van der Waals surface area contributed by atoms with Gasteiger partial charge >= 0.3 is 5.52 Å². The fourth-order valence-electron chi connectivity index (χ4n) is 1.15. The second-order valence-corrected chi connectivity index (χ2v) is 3.61. The maximum Gasteiger partial charge on any atom is 0.322 e. The molecule has 0 saturated carbocycles. The molecule has 0 unspecified atom stereocenters. The van der Waals surface area contributed by atoms with Crippen LogP contribution < -0.4 is 10.3 Å². The summed E-state index contributed by atoms with van der Waals surface area (Å²) in [6.07, 6.45) is 0. The van der Waals surface area contributed by atoms with E-state index in [4.69, 9.17) is 5.73 Å². The topological polar surface area (TPSA) is 97.9 Å². The van der Waals surface area contributed by atoms with Crippen molar-refractivity contribution in [3.05, 3.63) is 21.5 Å². The number of hydrogen-bond acceptors (Lipinski definition) is 4. The minimum absolute atomic E-state index is 0.0508. The SMILES string of the molecule is Nc1nc2c(O)cc(Br)cc2[n+](=O)[nH]1. The first-order valence-corrected chi connectivity index (χ1v) is 4.48. The summed E-state index contributed by atoms with van der Waals surface area (Å²) in [5.41, 5.74) is 5.70. The quantitative estimate of drug-likeness (QED) is 0.600. The van der Waals surface area contributed by atoms with Crippen LogP contribution >= 0.6 is 15.9 Å². The van der Waals surface area contributed by atoms with Crippen molar-refractivity contribution in [3.63, 3.8) is 0 Å². The van der Waals surface area contributed by atoms with Crippen LogP contribution in [0, 0.1) is 4.91 Å². The lowest BCUT2D eigenvalue weighted by molar-refractivity contribution is -0.535. The lowest BCUT2D eigenvalue weighted by Crippen LogP contribution is -2.23. The predicted molar refractivity (Wildman–Crippen MR) is 53.2 cm³/mol. The molecule has 1 heterocycles. The Morgan fingerprint density at radius 1 is 1.57 bits per heavy atom. The molecule has 4 N–H and O–H groups in total. The fourth-order valence-corrected chi connectivity index (χ4v) is 1.58. The van der Waals surface area contributed by atoms with Gasteiger partial charge in [-0.3, -0.25) is 0 Å². The molecule has 2 aromatic rings. The van der Waals surface area contributed by atoms with E-state index in [9.17, 15) is 10.0 Å². The number of fused-ring (bicyclic) bond motifs is 1. The van der Waals surface area contributed by atoms with Crippen molar-refractivity contribution in [2.24, 2.45) is 0 Å². The number of nitrogens with one attached hydrogen (secondary N) is 1. The molecule has 0 radical (unpaired) electrons. The second kappa shape index (κ2) is 2.95. The Morgan fingerprint density at radius 2 is 2.29 bits per heavy atom. The van der Waals surface area contributed by atoms with Gasteiger partial charge in [-0.25, -0.2) is 0 Å². The zero-order chi connectivity index (χ0) is 10.3. The van der Waals surface area contributed by atoms with Gasteiger partial charge in [-0.15, -0.1) is 0 Å². The van der Waals surface area contributed by atoms with Crippen molar-refractivity contribution < 1.29 is 9.65 Å². The number of rotatable bonds is 0. The molecule has 0 amide bonds. The molecule has 0 aliphatic carbocycles. The third kappa shape index (κ3) is 1.31. The average Bonchev–Trinajstić information content (AvgIpc) is 2.07. The van der Waals surface area contributed by atoms with Crippen LogP contribution in [-0.2, 0) is 0 Å². The van der Waals surface area contributed by atoms with Crippen molar-refractivity contribution in [1.82, 2.24) is 10.1 Å². The molecular formula is C7H6BrN4O2+. The van der Waals surface area contributed by atoms with Crippen molar-refractivity contribution in [1.29, 1.82) is 0 Å². The Bertz CT molecular complexity index is 565. The predicted octanol–water partition coefficient (Wildman–Crippen LogP) is 0.528. The van der Waals surface area contributed by atoms with Crippen molar-refractivity contribution in [2.75, 3.05) is 5.73 Å². The molecule has 14 heavy (non-hydrogen) atoms. The number of halogens is 1. The number of benzene rings is 1. The highest BCUT2D eigenvalue weighted by atomic mass is 79.9. The second-order valence-electron chi connectivity index (χ2n) is 2.70. The van der Waals surface area contributed by atoms with Crippen LogP contribution in [0.5, 0.6) is 5.75 Å². The minimum Gasteiger partial charge on any atom is -0.505 e. The van der Waals surface area contributed by atoms with Crippen LogP contribution in [-0.4, -0.2) is 15.2 Å². The van der Waals surface area contributed by atoms with Gasteiger partial charge in [0.2, 0.25) is 0 Å². The number of phenolic OH excluding ortho intramolecular Hbond substituents is 1. The number of nitrogens with zero attached hydrogens (tertiary/aromatic N) is 2. The van der Waals surface area contributed by atoms with Crippen LogP contribution in [0.25, 0.3) is 11.0 Å². The summed E-state index contributed by atoms with van der Waals surface area (Å²) in [5.74, 6) is -0.148. The zero-order valence-electron chi connectivity index (χ0n) is 6.86. The van der Waals surface area contributed by atoms with Gasteiger partial charge in [-0.2, -0.15) is 4.98 Å². The number of aromatic amines is 1. The van der Waals surface area contributed by atoms with Crippen LogP contribution in [0.1, 0.15) is 0 Å². The van der Waals surface area contributed by atoms with Crippen LogP contribution in [0.15, 0.2) is 16.6 Å². The fraction of sp³-hybridized carbons (Fsp3) is 0. The van der Waals surface area contributed by atoms with Crippen molar-refractivity contribution >= 4 is 32.9 Å². The average molecular weight is 258 g/mol. The summed E-state index contributed by atoms with van der Waals surface area (Å²) in [4.78, 5) is 15.1. The van der Waals surface area contributed by atoms with Crippen molar-refractivity contribution in [2.45, 2.75) is 0 Å². The lowest BCUT2D eigenvalue weighted by Gasteiger charge is -1.95. The molecule has 0 atom stereocenters. The largest absolute Gasteiger partial charge is 0.505 e. The van der Waals surface area contributed by atoms with Gasteiger partial charge in [0.1, 0.15) is 5.75 Å². The Hall–Kier alpha value is -1.63. The summed E-state index contributed by atoms with van der Waals surface area (Å²) in [7, 11) is 0. The monoisotopic (exact) mass is 257 g/mol. The molecule has 2 rings (SSSR count). The molecule has 1 aromatic heterocycles. The van der Waals surface area contributed by atoms with E-state index in [2.05, 4.69) is 26.0 Å². The van der Waals surface area contributed by atoms with E-state index >= 15 is 0 Å². The normalized spacial score (nSPS) is 10.6. The first-order chi connectivity index (χ1) is 6.58. The van der Waals surface area contributed by atoms with E-state index in [1.807, 2.05) is 0 Å². The lowest BCUT2D eigenvalue weighted by atomic mass is 10.3. The Kier molecular flexibility index (Phi) is 1.88. The van der Waals surface area contributed by atoms with Gasteiger partial charge in [0.15, 0.2) is 10.1 Å². The number of phenols is 1. The van der Waals surface area contributed by atoms with E-state index in [-0.39, 0.29) is 22.7 Å². The van der Waals surface area contributed by atoms with Gasteiger partial charge in [0.05, 0.1) is 4.91 Å². The molecule has 0 bridgehead atoms. The molecule has 7 heteroatoms. The van der Waals surface area contributed by atoms with E-state index in [0.29, 0.717) is 9.01 Å². The highest BCUT2D eigenvalue weighted by Crippen LogP contribution is 2.25. The van der Waals surface area contributed by atoms with Gasteiger partial charge in [-0.1, -0.05) is 21.0 Å². The van der Waals surface area contributed by atoms with E-state index < -0.39 is 0 Å². The third-order valence-corrected chi connectivity index (χ3v) is 2.16. The van der Waals surface area contributed by atoms with E-state index in [1.54, 1.807) is 0 Å². The van der Waals surface area contributed by atoms with E-state index in [1.165, 1.54) is 12.1 Å². The first kappa shape index (κ1) is 8.95. The summed E-state index contributed by atoms with van der Waals surface area (Å²) >= 11 is 3.15. The standard InChI is InChI=1S/C7H5BrN4O2/c8-3-1-4-6(5(13)2-3)10-7(9)11-12(4)14/h1-2H,(H3-,9,10,11,13,14)/p+1. The third-order valence-electron chi connectivity index (χ3n) is 1.70. The summed E-state index contributed by atoms with van der Waals surface area (Å²) in [6.45, 7) is 0. The van der Waals surface area contributed by atoms with Crippen LogP contribution in [0.2, 0.25) is 0 Å². The number of aromatic hydroxyl groups is 1. The molecule has 6 nitrogen and oxygen atoms in total. The molecule has 0 saturated heterocycles. The summed E-state index contributed by atoms with van der Waals surface area (Å²) in [5, 5.41) is 11.8. The highest BCUT2D eigenvalue weighted by Gasteiger charge is 2.14. The van der Waals surface area contributed by atoms with Crippen molar-refractivity contribution in [3.8, 4) is 5.75 Å². The Balaban J connectivity index is 3.02. The summed E-state index contributed by atoms with van der Waals surface area (Å²) in [6, 6.07) is 2.97. The number of nitrogen functional groups attached to an aromatic ring is 1. The van der Waals surface area contributed by atoms with Crippen LogP contribution in [0.4, 0.5) is 5.95 Å². The molecule has 1 aromatic carbocycles. The maximum absolute atomic E-state index is 11.3. The number of hydrogen-bond donors (Lipinski definition) is 3. The molecule has 0 aliphatic rings. The van der Waals surface area contributed by atoms with Gasteiger partial charge < -0.3 is 10.8 Å². The number of anilines is 1. The highest BCUT2D eigenvalue weighted by molar-refractivity contribution is 9.10. The van der Waals surface area contributed by atoms with E-state index in [0.717, 1.165) is 0 Å². The number of aromatic nitrogens is 3. The zero-order valence-corrected chi connectivity index (χ0v) is 8.45. The Labute approximate surface area is 86.1 Å². The molecule has 0 spiro atoms. The van der Waals surface area contributed by atoms with Gasteiger partial charge in [0, 0.05) is 10.5 Å². The molecule has 72 valence electrons. The molecule has 0 fully saturated rings.